The van der Waals surface area contributed by atoms with Crippen LogP contribution in [0.4, 0.5) is 0 Å². The van der Waals surface area contributed by atoms with E-state index in [9.17, 15) is 9.59 Å². The Labute approximate surface area is 123 Å². The second-order valence-corrected chi connectivity index (χ2v) is 4.80. The van der Waals surface area contributed by atoms with E-state index < -0.39 is 11.9 Å². The molecular formula is C15H19NO5. The summed E-state index contributed by atoms with van der Waals surface area (Å²) in [5, 5.41) is 3.31. The maximum absolute atomic E-state index is 11.8. The highest BCUT2D eigenvalue weighted by molar-refractivity contribution is 5.97. The molecule has 1 fully saturated rings. The minimum Gasteiger partial charge on any atom is -0.491 e. The van der Waals surface area contributed by atoms with Crippen molar-refractivity contribution < 1.29 is 23.8 Å². The predicted octanol–water partition coefficient (Wildman–Crippen LogP) is 1.39. The van der Waals surface area contributed by atoms with Crippen molar-refractivity contribution in [3.63, 3.8) is 0 Å². The molecule has 1 aliphatic rings. The molecule has 1 saturated heterocycles. The molecule has 1 N–H and O–H groups in total. The molecule has 6 heteroatoms. The lowest BCUT2D eigenvalue weighted by Crippen LogP contribution is -2.28. The van der Waals surface area contributed by atoms with Gasteiger partial charge in [0.05, 0.1) is 19.8 Å². The fourth-order valence-electron chi connectivity index (χ4n) is 2.26. The Hall–Kier alpha value is -2.08. The van der Waals surface area contributed by atoms with Crippen LogP contribution < -0.4 is 10.1 Å². The van der Waals surface area contributed by atoms with Crippen molar-refractivity contribution in [1.82, 2.24) is 5.32 Å². The van der Waals surface area contributed by atoms with Crippen LogP contribution in [-0.2, 0) is 9.47 Å². The summed E-state index contributed by atoms with van der Waals surface area (Å²) in [6.07, 6.45) is 2.17. The number of hydrogen-bond donors (Lipinski definition) is 1. The summed E-state index contributed by atoms with van der Waals surface area (Å²) in [5.41, 5.74) is 0.502. The van der Waals surface area contributed by atoms with E-state index in [1.165, 1.54) is 20.3 Å². The number of ether oxygens (including phenoxy) is 3. The Kier molecular flexibility index (Phi) is 5.16. The van der Waals surface area contributed by atoms with Gasteiger partial charge in [-0.3, -0.25) is 0 Å². The Balaban J connectivity index is 2.17. The molecule has 1 heterocycles. The third kappa shape index (κ3) is 3.72. The lowest BCUT2D eigenvalue weighted by molar-refractivity contribution is 0.0595. The quantitative estimate of drug-likeness (QED) is 0.827. The molecule has 0 saturated carbocycles. The van der Waals surface area contributed by atoms with Gasteiger partial charge in [-0.1, -0.05) is 0 Å². The lowest BCUT2D eigenvalue weighted by Gasteiger charge is -2.15. The van der Waals surface area contributed by atoms with E-state index in [-0.39, 0.29) is 17.2 Å². The predicted molar refractivity (Wildman–Crippen MR) is 75.6 cm³/mol. The Morgan fingerprint density at radius 2 is 2.00 bits per heavy atom. The van der Waals surface area contributed by atoms with Gasteiger partial charge in [0.2, 0.25) is 0 Å². The summed E-state index contributed by atoms with van der Waals surface area (Å²) in [7, 11) is 2.58. The summed E-state index contributed by atoms with van der Waals surface area (Å²) in [6, 6.07) is 4.87. The van der Waals surface area contributed by atoms with Crippen molar-refractivity contribution in [2.24, 2.45) is 0 Å². The number of nitrogens with one attached hydrogen (secondary N) is 1. The van der Waals surface area contributed by atoms with Crippen LogP contribution in [0.1, 0.15) is 33.6 Å². The van der Waals surface area contributed by atoms with Crippen LogP contribution in [0.25, 0.3) is 0 Å². The molecule has 0 amide bonds. The number of hydrogen-bond acceptors (Lipinski definition) is 6. The molecule has 0 aromatic heterocycles. The minimum atomic E-state index is -0.546. The van der Waals surface area contributed by atoms with Gasteiger partial charge in [-0.2, -0.15) is 0 Å². The molecule has 0 aliphatic carbocycles. The molecule has 1 aromatic carbocycles. The van der Waals surface area contributed by atoms with Crippen molar-refractivity contribution in [2.75, 3.05) is 27.4 Å². The van der Waals surface area contributed by atoms with Gasteiger partial charge in [-0.15, -0.1) is 0 Å². The first-order chi connectivity index (χ1) is 10.2. The molecule has 21 heavy (non-hydrogen) atoms. The number of rotatable bonds is 5. The molecule has 1 aliphatic heterocycles. The maximum Gasteiger partial charge on any atom is 0.341 e. The van der Waals surface area contributed by atoms with Crippen LogP contribution >= 0.6 is 0 Å². The SMILES string of the molecule is COC(=O)c1ccc(OCC2CCCN2)c(C(=O)OC)c1. The highest BCUT2D eigenvalue weighted by Gasteiger charge is 2.19. The van der Waals surface area contributed by atoms with E-state index in [4.69, 9.17) is 9.47 Å². The summed E-state index contributed by atoms with van der Waals surface area (Å²) >= 11 is 0. The second kappa shape index (κ2) is 7.08. The monoisotopic (exact) mass is 293 g/mol. The maximum atomic E-state index is 11.8. The zero-order valence-corrected chi connectivity index (χ0v) is 12.2. The fourth-order valence-corrected chi connectivity index (χ4v) is 2.26. The first-order valence-corrected chi connectivity index (χ1v) is 6.82. The van der Waals surface area contributed by atoms with Gasteiger partial charge in [0.15, 0.2) is 0 Å². The molecule has 2 rings (SSSR count). The number of esters is 2. The van der Waals surface area contributed by atoms with Crippen molar-refractivity contribution in [1.29, 1.82) is 0 Å². The Morgan fingerprint density at radius 1 is 1.24 bits per heavy atom. The van der Waals surface area contributed by atoms with E-state index >= 15 is 0 Å². The van der Waals surface area contributed by atoms with Crippen LogP contribution in [0.3, 0.4) is 0 Å². The van der Waals surface area contributed by atoms with Gasteiger partial charge in [-0.25, -0.2) is 9.59 Å². The highest BCUT2D eigenvalue weighted by atomic mass is 16.5. The van der Waals surface area contributed by atoms with Gasteiger partial charge in [0.25, 0.3) is 0 Å². The van der Waals surface area contributed by atoms with Crippen molar-refractivity contribution in [3.8, 4) is 5.75 Å². The third-order valence-electron chi connectivity index (χ3n) is 3.41. The van der Waals surface area contributed by atoms with E-state index in [2.05, 4.69) is 10.1 Å². The highest BCUT2D eigenvalue weighted by Crippen LogP contribution is 2.22. The fraction of sp³-hybridized carbons (Fsp3) is 0.467. The van der Waals surface area contributed by atoms with Crippen LogP contribution in [0.15, 0.2) is 18.2 Å². The molecular weight excluding hydrogens is 274 g/mol. The first kappa shape index (κ1) is 15.3. The van der Waals surface area contributed by atoms with Crippen molar-refractivity contribution in [3.05, 3.63) is 29.3 Å². The van der Waals surface area contributed by atoms with Crippen LogP contribution in [0.2, 0.25) is 0 Å². The van der Waals surface area contributed by atoms with Crippen molar-refractivity contribution in [2.45, 2.75) is 18.9 Å². The largest absolute Gasteiger partial charge is 0.491 e. The topological polar surface area (TPSA) is 73.9 Å². The van der Waals surface area contributed by atoms with Crippen LogP contribution in [0.5, 0.6) is 5.75 Å². The summed E-state index contributed by atoms with van der Waals surface area (Å²) < 4.78 is 15.1. The number of methoxy groups -OCH3 is 2. The molecule has 1 unspecified atom stereocenters. The summed E-state index contributed by atoms with van der Waals surface area (Å²) in [5.74, 6) is -0.650. The average molecular weight is 293 g/mol. The number of carbonyl (C=O) groups is 2. The molecule has 0 spiro atoms. The van der Waals surface area contributed by atoms with E-state index in [0.29, 0.717) is 12.4 Å². The molecule has 0 bridgehead atoms. The van der Waals surface area contributed by atoms with Gasteiger partial charge in [-0.05, 0) is 37.6 Å². The zero-order valence-electron chi connectivity index (χ0n) is 12.2. The second-order valence-electron chi connectivity index (χ2n) is 4.80. The minimum absolute atomic E-state index is 0.221. The van der Waals surface area contributed by atoms with Crippen LogP contribution in [-0.4, -0.2) is 45.4 Å². The molecule has 6 nitrogen and oxygen atoms in total. The van der Waals surface area contributed by atoms with Gasteiger partial charge >= 0.3 is 11.9 Å². The van der Waals surface area contributed by atoms with Gasteiger partial charge in [0, 0.05) is 6.04 Å². The Bertz CT molecular complexity index is 523. The smallest absolute Gasteiger partial charge is 0.341 e. The van der Waals surface area contributed by atoms with E-state index in [1.807, 2.05) is 0 Å². The molecule has 114 valence electrons. The Morgan fingerprint density at radius 3 is 2.62 bits per heavy atom. The number of benzene rings is 1. The van der Waals surface area contributed by atoms with Crippen LogP contribution in [0, 0.1) is 0 Å². The van der Waals surface area contributed by atoms with E-state index in [1.54, 1.807) is 12.1 Å². The molecule has 0 radical (unpaired) electrons. The molecule has 1 atom stereocenters. The van der Waals surface area contributed by atoms with Gasteiger partial charge < -0.3 is 19.5 Å². The average Bonchev–Trinajstić information content (AvgIpc) is 3.04. The van der Waals surface area contributed by atoms with Gasteiger partial charge in [0.1, 0.15) is 17.9 Å². The summed E-state index contributed by atoms with van der Waals surface area (Å²) in [4.78, 5) is 23.4. The van der Waals surface area contributed by atoms with Crippen molar-refractivity contribution >= 4 is 11.9 Å². The summed E-state index contributed by atoms with van der Waals surface area (Å²) in [6.45, 7) is 1.46. The lowest BCUT2D eigenvalue weighted by atomic mass is 10.1. The zero-order chi connectivity index (χ0) is 15.2. The first-order valence-electron chi connectivity index (χ1n) is 6.82. The number of carbonyl (C=O) groups excluding carboxylic acids is 2. The molecule has 1 aromatic rings. The van der Waals surface area contributed by atoms with E-state index in [0.717, 1.165) is 19.4 Å². The normalized spacial score (nSPS) is 17.3. The standard InChI is InChI=1S/C15H19NO5/c1-19-14(17)10-5-6-13(12(8-10)15(18)20-2)21-9-11-4-3-7-16-11/h5-6,8,11,16H,3-4,7,9H2,1-2H3. The third-order valence-corrected chi connectivity index (χ3v) is 3.41.